The Balaban J connectivity index is 2.00. The van der Waals surface area contributed by atoms with Gasteiger partial charge in [0.2, 0.25) is 0 Å². The lowest BCUT2D eigenvalue weighted by atomic mass is 9.78. The van der Waals surface area contributed by atoms with Crippen molar-refractivity contribution < 1.29 is 0 Å². The molecule has 0 aromatic heterocycles. The number of hydrogen-bond donors (Lipinski definition) is 1. The molecule has 0 radical (unpaired) electrons. The van der Waals surface area contributed by atoms with Crippen molar-refractivity contribution in [2.75, 3.05) is 6.54 Å². The molecule has 0 amide bonds. The van der Waals surface area contributed by atoms with Gasteiger partial charge in [0.05, 0.1) is 0 Å². The Hall–Kier alpha value is -0.820. The molecular formula is C13H17N. The Morgan fingerprint density at radius 1 is 1.21 bits per heavy atom. The molecule has 0 aromatic rings. The van der Waals surface area contributed by atoms with Gasteiger partial charge in [0.15, 0.2) is 0 Å². The molecule has 2 unspecified atom stereocenters. The van der Waals surface area contributed by atoms with Crippen molar-refractivity contribution in [2.45, 2.75) is 31.7 Å². The fourth-order valence-electron chi connectivity index (χ4n) is 2.96. The second-order valence-corrected chi connectivity index (χ2v) is 4.54. The first-order valence-corrected chi connectivity index (χ1v) is 5.76. The second kappa shape index (κ2) is 3.39. The van der Waals surface area contributed by atoms with Crippen molar-refractivity contribution in [1.29, 1.82) is 0 Å². The van der Waals surface area contributed by atoms with Crippen molar-refractivity contribution in [3.05, 3.63) is 35.5 Å². The van der Waals surface area contributed by atoms with Crippen LogP contribution in [0.4, 0.5) is 0 Å². The Morgan fingerprint density at radius 3 is 3.21 bits per heavy atom. The number of fused-ring (bicyclic) bond motifs is 2. The van der Waals surface area contributed by atoms with Gasteiger partial charge in [0.25, 0.3) is 0 Å². The van der Waals surface area contributed by atoms with E-state index in [1.807, 2.05) is 0 Å². The summed E-state index contributed by atoms with van der Waals surface area (Å²) in [6, 6.07) is 0.700. The van der Waals surface area contributed by atoms with Crippen molar-refractivity contribution in [2.24, 2.45) is 5.92 Å². The van der Waals surface area contributed by atoms with Gasteiger partial charge in [-0.2, -0.15) is 0 Å². The number of hydrogen-bond acceptors (Lipinski definition) is 1. The summed E-state index contributed by atoms with van der Waals surface area (Å²) in [5, 5.41) is 3.68. The lowest BCUT2D eigenvalue weighted by molar-refractivity contribution is 0.410. The van der Waals surface area contributed by atoms with Gasteiger partial charge in [-0.05, 0) is 30.4 Å². The molecule has 3 rings (SSSR count). The zero-order valence-electron chi connectivity index (χ0n) is 8.50. The molecule has 1 nitrogen and oxygen atoms in total. The quantitative estimate of drug-likeness (QED) is 0.614. The van der Waals surface area contributed by atoms with Crippen LogP contribution in [0.1, 0.15) is 25.7 Å². The minimum absolute atomic E-state index is 0.657. The molecule has 2 atom stereocenters. The Morgan fingerprint density at radius 2 is 2.21 bits per heavy atom. The van der Waals surface area contributed by atoms with Crippen LogP contribution in [0.25, 0.3) is 0 Å². The molecule has 0 spiro atoms. The van der Waals surface area contributed by atoms with E-state index in [0.717, 1.165) is 6.54 Å². The maximum Gasteiger partial charge on any atom is 0.0285 e. The SMILES string of the molecule is C1=CC2=C3CCCCC3NCC2C=C1. The lowest BCUT2D eigenvalue weighted by Crippen LogP contribution is -2.42. The third-order valence-electron chi connectivity index (χ3n) is 3.69. The molecule has 2 aliphatic carbocycles. The summed E-state index contributed by atoms with van der Waals surface area (Å²) in [5.41, 5.74) is 3.32. The lowest BCUT2D eigenvalue weighted by Gasteiger charge is -2.36. The monoisotopic (exact) mass is 187 g/mol. The standard InChI is InChI=1S/C13H17N/c1-2-6-11-10(5-1)9-14-13-8-4-3-7-12(11)13/h1-2,5-6,10,13-14H,3-4,7-9H2. The van der Waals surface area contributed by atoms with Crippen LogP contribution in [0.5, 0.6) is 0 Å². The first-order valence-electron chi connectivity index (χ1n) is 5.76. The van der Waals surface area contributed by atoms with Crippen LogP contribution in [0.3, 0.4) is 0 Å². The second-order valence-electron chi connectivity index (χ2n) is 4.54. The van der Waals surface area contributed by atoms with E-state index < -0.39 is 0 Å². The zero-order valence-corrected chi connectivity index (χ0v) is 8.50. The molecular weight excluding hydrogens is 170 g/mol. The van der Waals surface area contributed by atoms with Crippen LogP contribution >= 0.6 is 0 Å². The summed E-state index contributed by atoms with van der Waals surface area (Å²) in [5.74, 6) is 0.657. The average Bonchev–Trinajstić information content (AvgIpc) is 2.29. The molecule has 74 valence electrons. The Labute approximate surface area is 85.6 Å². The van der Waals surface area contributed by atoms with Gasteiger partial charge in [-0.25, -0.2) is 0 Å². The van der Waals surface area contributed by atoms with Crippen LogP contribution in [-0.2, 0) is 0 Å². The minimum Gasteiger partial charge on any atom is -0.309 e. The molecule has 1 heterocycles. The molecule has 0 aromatic carbocycles. The number of allylic oxidation sites excluding steroid dienone is 3. The molecule has 0 saturated heterocycles. The first-order chi connectivity index (χ1) is 6.95. The highest BCUT2D eigenvalue weighted by atomic mass is 14.9. The van der Waals surface area contributed by atoms with E-state index in [-0.39, 0.29) is 0 Å². The van der Waals surface area contributed by atoms with E-state index in [4.69, 9.17) is 0 Å². The zero-order chi connectivity index (χ0) is 9.38. The van der Waals surface area contributed by atoms with Crippen molar-refractivity contribution in [3.8, 4) is 0 Å². The van der Waals surface area contributed by atoms with E-state index in [1.54, 1.807) is 11.1 Å². The van der Waals surface area contributed by atoms with Gasteiger partial charge < -0.3 is 5.32 Å². The summed E-state index contributed by atoms with van der Waals surface area (Å²) in [7, 11) is 0. The largest absolute Gasteiger partial charge is 0.309 e. The summed E-state index contributed by atoms with van der Waals surface area (Å²) in [6.45, 7) is 1.14. The molecule has 14 heavy (non-hydrogen) atoms. The topological polar surface area (TPSA) is 12.0 Å². The van der Waals surface area contributed by atoms with Crippen molar-refractivity contribution >= 4 is 0 Å². The average molecular weight is 187 g/mol. The Bertz CT molecular complexity index is 322. The predicted molar refractivity (Wildman–Crippen MR) is 59.1 cm³/mol. The maximum atomic E-state index is 3.68. The predicted octanol–water partition coefficient (Wildman–Crippen LogP) is 2.57. The van der Waals surface area contributed by atoms with Crippen LogP contribution in [0.15, 0.2) is 35.5 Å². The summed E-state index contributed by atoms with van der Waals surface area (Å²) < 4.78 is 0. The summed E-state index contributed by atoms with van der Waals surface area (Å²) in [6.07, 6.45) is 14.5. The molecule has 1 aliphatic heterocycles. The molecule has 3 aliphatic rings. The van der Waals surface area contributed by atoms with E-state index in [0.29, 0.717) is 12.0 Å². The van der Waals surface area contributed by atoms with Crippen LogP contribution < -0.4 is 5.32 Å². The van der Waals surface area contributed by atoms with Crippen LogP contribution in [-0.4, -0.2) is 12.6 Å². The smallest absolute Gasteiger partial charge is 0.0285 e. The van der Waals surface area contributed by atoms with Gasteiger partial charge in [0.1, 0.15) is 0 Å². The highest BCUT2D eigenvalue weighted by molar-refractivity contribution is 5.41. The highest BCUT2D eigenvalue weighted by Crippen LogP contribution is 2.34. The molecule has 1 heteroatoms. The van der Waals surface area contributed by atoms with E-state index in [1.165, 1.54) is 25.7 Å². The van der Waals surface area contributed by atoms with E-state index in [9.17, 15) is 0 Å². The van der Waals surface area contributed by atoms with E-state index >= 15 is 0 Å². The van der Waals surface area contributed by atoms with Gasteiger partial charge in [-0.1, -0.05) is 30.7 Å². The fraction of sp³-hybridized carbons (Fsp3) is 0.538. The van der Waals surface area contributed by atoms with Gasteiger partial charge in [-0.15, -0.1) is 0 Å². The fourth-order valence-corrected chi connectivity index (χ4v) is 2.96. The first kappa shape index (κ1) is 8.49. The minimum atomic E-state index is 0.657. The number of nitrogens with one attached hydrogen (secondary N) is 1. The van der Waals surface area contributed by atoms with Crippen molar-refractivity contribution in [3.63, 3.8) is 0 Å². The van der Waals surface area contributed by atoms with Gasteiger partial charge in [0, 0.05) is 18.5 Å². The third kappa shape index (κ3) is 1.27. The van der Waals surface area contributed by atoms with Gasteiger partial charge >= 0.3 is 0 Å². The van der Waals surface area contributed by atoms with Crippen molar-refractivity contribution in [1.82, 2.24) is 5.32 Å². The normalized spacial score (nSPS) is 35.4. The molecule has 1 fully saturated rings. The maximum absolute atomic E-state index is 3.68. The Kier molecular flexibility index (Phi) is 2.06. The molecule has 0 bridgehead atoms. The molecule has 1 N–H and O–H groups in total. The van der Waals surface area contributed by atoms with Crippen LogP contribution in [0, 0.1) is 5.92 Å². The summed E-state index contributed by atoms with van der Waals surface area (Å²) in [4.78, 5) is 0. The van der Waals surface area contributed by atoms with Gasteiger partial charge in [-0.3, -0.25) is 0 Å². The molecule has 1 saturated carbocycles. The summed E-state index contributed by atoms with van der Waals surface area (Å²) >= 11 is 0. The van der Waals surface area contributed by atoms with Crippen LogP contribution in [0.2, 0.25) is 0 Å². The number of rotatable bonds is 0. The third-order valence-corrected chi connectivity index (χ3v) is 3.69. The highest BCUT2D eigenvalue weighted by Gasteiger charge is 2.28. The van der Waals surface area contributed by atoms with E-state index in [2.05, 4.69) is 29.6 Å².